The highest BCUT2D eigenvalue weighted by Crippen LogP contribution is 2.19. The molecule has 4 rings (SSSR count). The van der Waals surface area contributed by atoms with Crippen molar-refractivity contribution in [1.29, 1.82) is 0 Å². The topological polar surface area (TPSA) is 53.5 Å². The van der Waals surface area contributed by atoms with Crippen molar-refractivity contribution in [3.8, 4) is 11.3 Å². The van der Waals surface area contributed by atoms with Crippen LogP contribution in [0, 0.1) is 0 Å². The van der Waals surface area contributed by atoms with Gasteiger partial charge in [0, 0.05) is 49.1 Å². The van der Waals surface area contributed by atoms with Crippen molar-refractivity contribution in [3.63, 3.8) is 0 Å². The molecule has 0 bridgehead atoms. The molecule has 2 aromatic carbocycles. The summed E-state index contributed by atoms with van der Waals surface area (Å²) in [4.78, 5) is 33.5. The first-order chi connectivity index (χ1) is 13.7. The number of rotatable bonds is 3. The highest BCUT2D eigenvalue weighted by atomic mass is 16.2. The minimum absolute atomic E-state index is 0.00964. The number of carbonyl (C=O) groups excluding carboxylic acids is 2. The maximum atomic E-state index is 12.9. The number of carbonyl (C=O) groups is 2. The van der Waals surface area contributed by atoms with Gasteiger partial charge in [-0.05, 0) is 36.4 Å². The molecule has 3 aromatic rings. The summed E-state index contributed by atoms with van der Waals surface area (Å²) in [6, 6.07) is 22.5. The summed E-state index contributed by atoms with van der Waals surface area (Å²) in [6.07, 6.45) is 1.74. The number of piperazine rings is 1. The van der Waals surface area contributed by atoms with Crippen LogP contribution < -0.4 is 0 Å². The van der Waals surface area contributed by atoms with Crippen LogP contribution in [0.5, 0.6) is 0 Å². The fourth-order valence-corrected chi connectivity index (χ4v) is 3.40. The van der Waals surface area contributed by atoms with Crippen molar-refractivity contribution in [1.82, 2.24) is 14.8 Å². The Balaban J connectivity index is 1.43. The molecular weight excluding hydrogens is 350 g/mol. The third kappa shape index (κ3) is 3.78. The quantitative estimate of drug-likeness (QED) is 0.709. The second-order valence-electron chi connectivity index (χ2n) is 6.75. The molecular formula is C23H21N3O2. The largest absolute Gasteiger partial charge is 0.335 e. The number of nitrogens with zero attached hydrogens (tertiary/aromatic N) is 3. The first-order valence-electron chi connectivity index (χ1n) is 9.37. The normalized spacial score (nSPS) is 14.0. The monoisotopic (exact) mass is 371 g/mol. The summed E-state index contributed by atoms with van der Waals surface area (Å²) in [5.74, 6) is 0.00874. The lowest BCUT2D eigenvalue weighted by molar-refractivity contribution is 0.0535. The Kier molecular flexibility index (Phi) is 5.15. The van der Waals surface area contributed by atoms with E-state index in [1.54, 1.807) is 6.20 Å². The van der Waals surface area contributed by atoms with Gasteiger partial charge in [-0.15, -0.1) is 0 Å². The minimum Gasteiger partial charge on any atom is -0.335 e. The average Bonchev–Trinajstić information content (AvgIpc) is 2.79. The summed E-state index contributed by atoms with van der Waals surface area (Å²) < 4.78 is 0. The zero-order chi connectivity index (χ0) is 19.3. The molecule has 140 valence electrons. The molecule has 0 saturated carbocycles. The van der Waals surface area contributed by atoms with E-state index in [9.17, 15) is 9.59 Å². The van der Waals surface area contributed by atoms with E-state index in [0.29, 0.717) is 37.3 Å². The van der Waals surface area contributed by atoms with Crippen LogP contribution in [0.15, 0.2) is 79.0 Å². The number of hydrogen-bond acceptors (Lipinski definition) is 3. The molecule has 2 heterocycles. The van der Waals surface area contributed by atoms with Crippen LogP contribution in [0.4, 0.5) is 0 Å². The van der Waals surface area contributed by atoms with Crippen molar-refractivity contribution in [2.45, 2.75) is 0 Å². The van der Waals surface area contributed by atoms with Gasteiger partial charge in [-0.25, -0.2) is 0 Å². The molecule has 28 heavy (non-hydrogen) atoms. The molecule has 5 heteroatoms. The first kappa shape index (κ1) is 17.9. The van der Waals surface area contributed by atoms with Gasteiger partial charge in [0.25, 0.3) is 11.8 Å². The van der Waals surface area contributed by atoms with E-state index in [1.807, 2.05) is 82.6 Å². The van der Waals surface area contributed by atoms with E-state index in [2.05, 4.69) is 4.98 Å². The lowest BCUT2D eigenvalue weighted by Gasteiger charge is -2.35. The van der Waals surface area contributed by atoms with Gasteiger partial charge in [0.15, 0.2) is 0 Å². The van der Waals surface area contributed by atoms with Crippen LogP contribution in [0.1, 0.15) is 20.7 Å². The van der Waals surface area contributed by atoms with Crippen molar-refractivity contribution >= 4 is 11.8 Å². The van der Waals surface area contributed by atoms with Gasteiger partial charge < -0.3 is 9.80 Å². The highest BCUT2D eigenvalue weighted by Gasteiger charge is 2.25. The summed E-state index contributed by atoms with van der Waals surface area (Å²) in [7, 11) is 0. The van der Waals surface area contributed by atoms with Gasteiger partial charge in [0.05, 0.1) is 5.69 Å². The average molecular weight is 371 g/mol. The third-order valence-corrected chi connectivity index (χ3v) is 4.95. The molecule has 0 unspecified atom stereocenters. The second kappa shape index (κ2) is 8.05. The lowest BCUT2D eigenvalue weighted by Crippen LogP contribution is -2.50. The number of benzene rings is 2. The number of hydrogen-bond donors (Lipinski definition) is 0. The zero-order valence-corrected chi connectivity index (χ0v) is 15.5. The van der Waals surface area contributed by atoms with E-state index >= 15 is 0 Å². The molecule has 2 amide bonds. The highest BCUT2D eigenvalue weighted by molar-refractivity contribution is 5.96. The van der Waals surface area contributed by atoms with E-state index in [0.717, 1.165) is 11.3 Å². The fourth-order valence-electron chi connectivity index (χ4n) is 3.40. The van der Waals surface area contributed by atoms with Crippen LogP contribution in [0.25, 0.3) is 11.3 Å². The lowest BCUT2D eigenvalue weighted by atomic mass is 10.1. The Hall–Kier alpha value is -3.47. The van der Waals surface area contributed by atoms with Gasteiger partial charge >= 0.3 is 0 Å². The Morgan fingerprint density at radius 3 is 1.93 bits per heavy atom. The van der Waals surface area contributed by atoms with E-state index in [1.165, 1.54) is 0 Å². The number of amides is 2. The first-order valence-corrected chi connectivity index (χ1v) is 9.37. The standard InChI is InChI=1S/C23H21N3O2/c27-22(18-7-2-1-3-8-18)25-13-15-26(16-14-25)23(28)20-10-6-9-19(17-20)21-11-4-5-12-24-21/h1-12,17H,13-16H2. The van der Waals surface area contributed by atoms with Gasteiger partial charge in [-0.3, -0.25) is 14.6 Å². The van der Waals surface area contributed by atoms with Crippen LogP contribution in [0.2, 0.25) is 0 Å². The minimum atomic E-state index is -0.00964. The van der Waals surface area contributed by atoms with Crippen LogP contribution in [-0.4, -0.2) is 52.8 Å². The summed E-state index contributed by atoms with van der Waals surface area (Å²) in [5.41, 5.74) is 3.09. The molecule has 0 atom stereocenters. The molecule has 5 nitrogen and oxygen atoms in total. The third-order valence-electron chi connectivity index (χ3n) is 4.95. The maximum absolute atomic E-state index is 12.9. The molecule has 1 aliphatic heterocycles. The molecule has 1 aromatic heterocycles. The van der Waals surface area contributed by atoms with Crippen molar-refractivity contribution in [2.75, 3.05) is 26.2 Å². The van der Waals surface area contributed by atoms with E-state index in [4.69, 9.17) is 0 Å². The van der Waals surface area contributed by atoms with Gasteiger partial charge in [0.1, 0.15) is 0 Å². The van der Waals surface area contributed by atoms with Gasteiger partial charge in [0.2, 0.25) is 0 Å². The number of aromatic nitrogens is 1. The van der Waals surface area contributed by atoms with Crippen molar-refractivity contribution in [3.05, 3.63) is 90.1 Å². The summed E-state index contributed by atoms with van der Waals surface area (Å²) in [5, 5.41) is 0. The SMILES string of the molecule is O=C(c1ccccc1)N1CCN(C(=O)c2cccc(-c3ccccn3)c2)CC1. The van der Waals surface area contributed by atoms with Crippen molar-refractivity contribution < 1.29 is 9.59 Å². The van der Waals surface area contributed by atoms with Crippen molar-refractivity contribution in [2.24, 2.45) is 0 Å². The molecule has 0 spiro atoms. The summed E-state index contributed by atoms with van der Waals surface area (Å²) in [6.45, 7) is 2.15. The predicted octanol–water partition coefficient (Wildman–Crippen LogP) is 3.35. The molecule has 1 fully saturated rings. The van der Waals surface area contributed by atoms with E-state index < -0.39 is 0 Å². The molecule has 0 radical (unpaired) electrons. The Bertz CT molecular complexity index is 965. The van der Waals surface area contributed by atoms with Crippen LogP contribution >= 0.6 is 0 Å². The van der Waals surface area contributed by atoms with Crippen LogP contribution in [0.3, 0.4) is 0 Å². The van der Waals surface area contributed by atoms with Gasteiger partial charge in [-0.1, -0.05) is 36.4 Å². The molecule has 0 aliphatic carbocycles. The van der Waals surface area contributed by atoms with E-state index in [-0.39, 0.29) is 11.8 Å². The zero-order valence-electron chi connectivity index (χ0n) is 15.5. The number of pyridine rings is 1. The Morgan fingerprint density at radius 2 is 1.29 bits per heavy atom. The van der Waals surface area contributed by atoms with Gasteiger partial charge in [-0.2, -0.15) is 0 Å². The Morgan fingerprint density at radius 1 is 0.679 bits per heavy atom. The molecule has 0 N–H and O–H groups in total. The second-order valence-corrected chi connectivity index (χ2v) is 6.75. The summed E-state index contributed by atoms with van der Waals surface area (Å²) >= 11 is 0. The Labute approximate surface area is 164 Å². The molecule has 1 saturated heterocycles. The van der Waals surface area contributed by atoms with Crippen LogP contribution in [-0.2, 0) is 0 Å². The predicted molar refractivity (Wildman–Crippen MR) is 108 cm³/mol. The molecule has 1 aliphatic rings. The smallest absolute Gasteiger partial charge is 0.253 e. The maximum Gasteiger partial charge on any atom is 0.253 e. The fraction of sp³-hybridized carbons (Fsp3) is 0.174.